The van der Waals surface area contributed by atoms with Gasteiger partial charge in [-0.1, -0.05) is 18.9 Å². The minimum atomic E-state index is -0.0579. The average molecular weight is 511 g/mol. The van der Waals surface area contributed by atoms with Crippen molar-refractivity contribution in [3.63, 3.8) is 0 Å². The fourth-order valence-electron chi connectivity index (χ4n) is 5.27. The van der Waals surface area contributed by atoms with Crippen LogP contribution in [0.25, 0.3) is 11.0 Å². The predicted molar refractivity (Wildman–Crippen MR) is 141 cm³/mol. The number of amides is 1. The van der Waals surface area contributed by atoms with Gasteiger partial charge in [0, 0.05) is 37.8 Å². The van der Waals surface area contributed by atoms with Gasteiger partial charge in [-0.15, -0.1) is 0 Å². The van der Waals surface area contributed by atoms with Gasteiger partial charge in [0.2, 0.25) is 0 Å². The molecular weight excluding hydrogens is 472 g/mol. The lowest BCUT2D eigenvalue weighted by atomic mass is 10.1. The SMILES string of the molecule is CN1CCCN(C)C(=O)CO/C=C(OCCOC2CCCC2)\C=C/C2Cc3[nH]c4ncnc(c4c3C1)N2. The lowest BCUT2D eigenvalue weighted by molar-refractivity contribution is -0.133. The van der Waals surface area contributed by atoms with E-state index in [0.717, 1.165) is 61.3 Å². The number of nitrogens with zero attached hydrogens (tertiary/aromatic N) is 4. The third kappa shape index (κ3) is 6.42. The average Bonchev–Trinajstić information content (AvgIpc) is 3.49. The van der Waals surface area contributed by atoms with Crippen LogP contribution in [0.15, 0.2) is 30.5 Å². The van der Waals surface area contributed by atoms with E-state index in [2.05, 4.69) is 38.3 Å². The molecule has 1 aliphatic carbocycles. The van der Waals surface area contributed by atoms with Crippen LogP contribution in [0.1, 0.15) is 43.4 Å². The molecule has 1 atom stereocenters. The van der Waals surface area contributed by atoms with E-state index in [-0.39, 0.29) is 18.6 Å². The number of H-pyrrole nitrogens is 1. The maximum Gasteiger partial charge on any atom is 0.260 e. The van der Waals surface area contributed by atoms with Crippen molar-refractivity contribution in [2.24, 2.45) is 0 Å². The molecule has 0 aromatic carbocycles. The Kier molecular flexibility index (Phi) is 8.25. The van der Waals surface area contributed by atoms with Crippen LogP contribution in [0.5, 0.6) is 0 Å². The second-order valence-electron chi connectivity index (χ2n) is 10.2. The molecule has 4 bridgehead atoms. The van der Waals surface area contributed by atoms with Gasteiger partial charge in [-0.2, -0.15) is 0 Å². The quantitative estimate of drug-likeness (QED) is 0.592. The highest BCUT2D eigenvalue weighted by molar-refractivity contribution is 5.92. The summed E-state index contributed by atoms with van der Waals surface area (Å²) >= 11 is 0. The molecule has 10 nitrogen and oxygen atoms in total. The molecule has 1 amide bonds. The zero-order valence-electron chi connectivity index (χ0n) is 21.9. The molecule has 10 heteroatoms. The zero-order valence-corrected chi connectivity index (χ0v) is 21.9. The van der Waals surface area contributed by atoms with Crippen LogP contribution in [0.2, 0.25) is 0 Å². The van der Waals surface area contributed by atoms with Crippen LogP contribution in [-0.2, 0) is 32.0 Å². The van der Waals surface area contributed by atoms with Crippen LogP contribution >= 0.6 is 0 Å². The van der Waals surface area contributed by atoms with Crippen molar-refractivity contribution >= 4 is 22.8 Å². The first-order valence-electron chi connectivity index (χ1n) is 13.3. The second kappa shape index (κ2) is 12.0. The van der Waals surface area contributed by atoms with E-state index < -0.39 is 0 Å². The largest absolute Gasteiger partial charge is 0.488 e. The van der Waals surface area contributed by atoms with E-state index in [0.29, 0.717) is 31.6 Å². The van der Waals surface area contributed by atoms with Crippen molar-refractivity contribution < 1.29 is 19.0 Å². The number of carbonyl (C=O) groups excluding carboxylic acids is 1. The molecule has 2 N–H and O–H groups in total. The molecule has 0 saturated heterocycles. The number of hydrogen-bond donors (Lipinski definition) is 2. The molecule has 4 heterocycles. The Morgan fingerprint density at radius 1 is 1.14 bits per heavy atom. The Balaban J connectivity index is 1.35. The summed E-state index contributed by atoms with van der Waals surface area (Å²) in [6, 6.07) is -0.00251. The number of ether oxygens (including phenoxy) is 3. The molecule has 0 radical (unpaired) electrons. The summed E-state index contributed by atoms with van der Waals surface area (Å²) in [7, 11) is 3.93. The smallest absolute Gasteiger partial charge is 0.260 e. The first-order valence-corrected chi connectivity index (χ1v) is 13.3. The van der Waals surface area contributed by atoms with E-state index in [9.17, 15) is 4.79 Å². The standard InChI is InChI=1S/C27H38N6O4/c1-32-10-5-11-33(2)24(34)17-35-16-21(37-13-12-36-20-6-3-4-7-20)9-8-19-14-23-22(15-32)25-26(30-19)28-18-29-27(25)31-23/h8-9,16,18-20H,3-7,10-15,17H2,1-2H3,(H2,28,29,30,31)/b9-8-,21-16+. The lowest BCUT2D eigenvalue weighted by Crippen LogP contribution is -2.32. The summed E-state index contributed by atoms with van der Waals surface area (Å²) < 4.78 is 17.6. The van der Waals surface area contributed by atoms with Gasteiger partial charge in [0.05, 0.1) is 24.1 Å². The van der Waals surface area contributed by atoms with E-state index in [1.165, 1.54) is 24.7 Å². The van der Waals surface area contributed by atoms with Gasteiger partial charge >= 0.3 is 0 Å². The first kappa shape index (κ1) is 25.5. The van der Waals surface area contributed by atoms with Gasteiger partial charge in [-0.25, -0.2) is 9.97 Å². The fraction of sp³-hybridized carbons (Fsp3) is 0.593. The summed E-state index contributed by atoms with van der Waals surface area (Å²) in [6.45, 7) is 3.23. The van der Waals surface area contributed by atoms with Crippen LogP contribution < -0.4 is 5.32 Å². The Bertz CT molecular complexity index is 1140. The number of hydrogen-bond acceptors (Lipinski definition) is 8. The number of carbonyl (C=O) groups is 1. The van der Waals surface area contributed by atoms with E-state index in [1.807, 2.05) is 13.1 Å². The van der Waals surface area contributed by atoms with E-state index in [1.54, 1.807) is 11.2 Å². The maximum atomic E-state index is 12.5. The first-order chi connectivity index (χ1) is 18.1. The van der Waals surface area contributed by atoms with Gasteiger partial charge in [0.1, 0.15) is 30.7 Å². The van der Waals surface area contributed by atoms with Gasteiger partial charge in [0.15, 0.2) is 12.4 Å². The fourth-order valence-corrected chi connectivity index (χ4v) is 5.27. The van der Waals surface area contributed by atoms with E-state index in [4.69, 9.17) is 14.2 Å². The van der Waals surface area contributed by atoms with E-state index >= 15 is 0 Å². The van der Waals surface area contributed by atoms with Gasteiger partial charge in [0.25, 0.3) is 5.91 Å². The molecule has 0 spiro atoms. The normalized spacial score (nSPS) is 24.4. The third-order valence-corrected chi connectivity index (χ3v) is 7.32. The molecule has 3 aliphatic rings. The Morgan fingerprint density at radius 3 is 2.86 bits per heavy atom. The predicted octanol–water partition coefficient (Wildman–Crippen LogP) is 2.98. The summed E-state index contributed by atoms with van der Waals surface area (Å²) in [5, 5.41) is 4.62. The van der Waals surface area contributed by atoms with Gasteiger partial charge < -0.3 is 34.3 Å². The second-order valence-corrected chi connectivity index (χ2v) is 10.2. The highest BCUT2D eigenvalue weighted by Crippen LogP contribution is 2.32. The number of aromatic amines is 1. The van der Waals surface area contributed by atoms with Crippen molar-refractivity contribution in [1.82, 2.24) is 24.8 Å². The molecular formula is C27H38N6O4. The van der Waals surface area contributed by atoms with Gasteiger partial charge in [-0.3, -0.25) is 4.79 Å². The molecule has 2 aromatic heterocycles. The Hall–Kier alpha value is -3.11. The molecule has 37 heavy (non-hydrogen) atoms. The summed E-state index contributed by atoms with van der Waals surface area (Å²) in [4.78, 5) is 29.1. The van der Waals surface area contributed by atoms with Crippen LogP contribution in [-0.4, -0.2) is 89.8 Å². The van der Waals surface area contributed by atoms with Crippen molar-refractivity contribution in [2.45, 2.75) is 57.2 Å². The molecule has 2 aromatic rings. The molecule has 1 saturated carbocycles. The van der Waals surface area contributed by atoms with Crippen molar-refractivity contribution in [3.05, 3.63) is 41.8 Å². The highest BCUT2D eigenvalue weighted by Gasteiger charge is 2.25. The number of allylic oxidation sites excluding steroid dienone is 1. The Labute approximate surface area is 218 Å². The third-order valence-electron chi connectivity index (χ3n) is 7.32. The highest BCUT2D eigenvalue weighted by atomic mass is 16.5. The number of likely N-dealkylation sites (N-methyl/N-ethyl adjacent to an activating group) is 1. The number of nitrogens with one attached hydrogen (secondary N) is 2. The van der Waals surface area contributed by atoms with Crippen molar-refractivity contribution in [1.29, 1.82) is 0 Å². The zero-order chi connectivity index (χ0) is 25.6. The monoisotopic (exact) mass is 510 g/mol. The number of rotatable bonds is 5. The molecule has 2 aliphatic heterocycles. The number of aromatic nitrogens is 3. The summed E-state index contributed by atoms with van der Waals surface area (Å²) in [6.07, 6.45) is 13.8. The topological polar surface area (TPSA) is 105 Å². The molecule has 200 valence electrons. The molecule has 1 fully saturated rings. The maximum absolute atomic E-state index is 12.5. The Morgan fingerprint density at radius 2 is 2.00 bits per heavy atom. The minimum absolute atomic E-state index is 0.00251. The molecule has 1 unspecified atom stereocenters. The summed E-state index contributed by atoms with van der Waals surface area (Å²) in [5.41, 5.74) is 3.25. The van der Waals surface area contributed by atoms with Crippen LogP contribution in [0, 0.1) is 0 Å². The van der Waals surface area contributed by atoms with Crippen LogP contribution in [0.3, 0.4) is 0 Å². The number of fused-ring (bicyclic) bond motifs is 1. The minimum Gasteiger partial charge on any atom is -0.488 e. The van der Waals surface area contributed by atoms with Crippen molar-refractivity contribution in [2.75, 3.05) is 52.3 Å². The molecule has 5 rings (SSSR count). The lowest BCUT2D eigenvalue weighted by Gasteiger charge is -2.20. The summed E-state index contributed by atoms with van der Waals surface area (Å²) in [5.74, 6) is 1.33. The van der Waals surface area contributed by atoms with Crippen molar-refractivity contribution in [3.8, 4) is 0 Å². The van der Waals surface area contributed by atoms with Crippen LogP contribution in [0.4, 0.5) is 5.82 Å². The number of anilines is 1. The van der Waals surface area contributed by atoms with Gasteiger partial charge in [-0.05, 0) is 38.9 Å².